The molecule has 0 aliphatic heterocycles. The maximum absolute atomic E-state index is 11.9. The Labute approximate surface area is 140 Å². The minimum absolute atomic E-state index is 0.272. The van der Waals surface area contributed by atoms with Crippen LogP contribution in [0.5, 0.6) is 0 Å². The van der Waals surface area contributed by atoms with E-state index in [1.165, 1.54) is 5.56 Å². The van der Waals surface area contributed by atoms with Gasteiger partial charge < -0.3 is 10.6 Å². The van der Waals surface area contributed by atoms with E-state index in [9.17, 15) is 4.79 Å². The van der Waals surface area contributed by atoms with Crippen LogP contribution in [0, 0.1) is 0 Å². The standard InChI is InChI=1S/C17H18Cl2N2O/c1-11(2)12-6-8-13(9-7-12)21-17(22)20-10-14-15(18)4-3-5-16(14)19/h3-9,11H,10H2,1-2H3,(H2,20,21,22). The van der Waals surface area contributed by atoms with E-state index in [1.807, 2.05) is 24.3 Å². The molecule has 2 aromatic rings. The van der Waals surface area contributed by atoms with Gasteiger partial charge in [0.05, 0.1) is 0 Å². The van der Waals surface area contributed by atoms with Crippen molar-refractivity contribution in [1.29, 1.82) is 0 Å². The third kappa shape index (κ3) is 4.39. The molecular formula is C17H18Cl2N2O. The number of carbonyl (C=O) groups is 1. The SMILES string of the molecule is CC(C)c1ccc(NC(=O)NCc2c(Cl)cccc2Cl)cc1. The van der Waals surface area contributed by atoms with Crippen LogP contribution in [0.3, 0.4) is 0 Å². The Kier molecular flexibility index (Phi) is 5.69. The highest BCUT2D eigenvalue weighted by atomic mass is 35.5. The first kappa shape index (κ1) is 16.7. The van der Waals surface area contributed by atoms with E-state index in [0.29, 0.717) is 21.5 Å². The molecule has 5 heteroatoms. The molecule has 0 atom stereocenters. The van der Waals surface area contributed by atoms with Crippen molar-refractivity contribution < 1.29 is 4.79 Å². The van der Waals surface area contributed by atoms with Crippen LogP contribution in [-0.4, -0.2) is 6.03 Å². The Balaban J connectivity index is 1.93. The van der Waals surface area contributed by atoms with Crippen molar-refractivity contribution in [3.05, 3.63) is 63.6 Å². The molecule has 0 aliphatic carbocycles. The molecule has 0 saturated heterocycles. The number of hydrogen-bond donors (Lipinski definition) is 2. The minimum Gasteiger partial charge on any atom is -0.334 e. The summed E-state index contributed by atoms with van der Waals surface area (Å²) in [5.74, 6) is 0.463. The van der Waals surface area contributed by atoms with E-state index >= 15 is 0 Å². The van der Waals surface area contributed by atoms with Gasteiger partial charge in [0.1, 0.15) is 0 Å². The lowest BCUT2D eigenvalue weighted by Gasteiger charge is -2.11. The molecule has 2 aromatic carbocycles. The highest BCUT2D eigenvalue weighted by Gasteiger charge is 2.08. The van der Waals surface area contributed by atoms with Crippen LogP contribution < -0.4 is 10.6 Å². The van der Waals surface area contributed by atoms with Gasteiger partial charge >= 0.3 is 6.03 Å². The van der Waals surface area contributed by atoms with E-state index < -0.39 is 0 Å². The number of anilines is 1. The second-order valence-electron chi connectivity index (χ2n) is 5.28. The average Bonchev–Trinajstić information content (AvgIpc) is 2.47. The molecule has 0 fully saturated rings. The van der Waals surface area contributed by atoms with Crippen LogP contribution in [0.4, 0.5) is 10.5 Å². The maximum Gasteiger partial charge on any atom is 0.319 e. The second-order valence-corrected chi connectivity index (χ2v) is 6.10. The van der Waals surface area contributed by atoms with Gasteiger partial charge in [-0.25, -0.2) is 4.79 Å². The Bertz CT molecular complexity index is 634. The lowest BCUT2D eigenvalue weighted by atomic mass is 10.0. The number of halogens is 2. The van der Waals surface area contributed by atoms with Gasteiger partial charge in [-0.15, -0.1) is 0 Å². The zero-order valence-electron chi connectivity index (χ0n) is 12.5. The van der Waals surface area contributed by atoms with E-state index in [2.05, 4.69) is 24.5 Å². The summed E-state index contributed by atoms with van der Waals surface area (Å²) in [6.07, 6.45) is 0. The number of benzene rings is 2. The summed E-state index contributed by atoms with van der Waals surface area (Å²) in [4.78, 5) is 11.9. The molecule has 22 heavy (non-hydrogen) atoms. The first-order valence-electron chi connectivity index (χ1n) is 7.05. The van der Waals surface area contributed by atoms with Gasteiger partial charge in [0, 0.05) is 27.8 Å². The summed E-state index contributed by atoms with van der Waals surface area (Å²) >= 11 is 12.1. The molecule has 0 unspecified atom stereocenters. The van der Waals surface area contributed by atoms with Crippen LogP contribution in [0.1, 0.15) is 30.9 Å². The predicted octanol–water partition coefficient (Wildman–Crippen LogP) is 5.44. The summed E-state index contributed by atoms with van der Waals surface area (Å²) in [5, 5.41) is 6.60. The summed E-state index contributed by atoms with van der Waals surface area (Å²) in [6.45, 7) is 4.53. The zero-order valence-corrected chi connectivity index (χ0v) is 14.0. The molecule has 2 amide bonds. The third-order valence-electron chi connectivity index (χ3n) is 3.32. The molecule has 0 bridgehead atoms. The molecule has 0 aromatic heterocycles. The number of urea groups is 1. The topological polar surface area (TPSA) is 41.1 Å². The van der Waals surface area contributed by atoms with Crippen molar-refractivity contribution in [2.24, 2.45) is 0 Å². The monoisotopic (exact) mass is 336 g/mol. The van der Waals surface area contributed by atoms with Gasteiger partial charge in [-0.1, -0.05) is 55.2 Å². The molecule has 0 aliphatic rings. The fourth-order valence-corrected chi connectivity index (χ4v) is 2.53. The first-order valence-corrected chi connectivity index (χ1v) is 7.80. The van der Waals surface area contributed by atoms with E-state index in [4.69, 9.17) is 23.2 Å². The van der Waals surface area contributed by atoms with Crippen molar-refractivity contribution in [1.82, 2.24) is 5.32 Å². The molecule has 2 N–H and O–H groups in total. The molecule has 0 heterocycles. The number of rotatable bonds is 4. The van der Waals surface area contributed by atoms with Gasteiger partial charge in [-0.2, -0.15) is 0 Å². The third-order valence-corrected chi connectivity index (χ3v) is 4.03. The van der Waals surface area contributed by atoms with Gasteiger partial charge in [0.2, 0.25) is 0 Å². The smallest absolute Gasteiger partial charge is 0.319 e. The van der Waals surface area contributed by atoms with Crippen molar-refractivity contribution >= 4 is 34.9 Å². The number of amides is 2. The Morgan fingerprint density at radius 2 is 1.64 bits per heavy atom. The lowest BCUT2D eigenvalue weighted by Crippen LogP contribution is -2.28. The lowest BCUT2D eigenvalue weighted by molar-refractivity contribution is 0.252. The second kappa shape index (κ2) is 7.52. The Hall–Kier alpha value is -1.71. The predicted molar refractivity (Wildman–Crippen MR) is 92.9 cm³/mol. The first-order chi connectivity index (χ1) is 10.5. The van der Waals surface area contributed by atoms with Gasteiger partial charge in [0.25, 0.3) is 0 Å². The number of hydrogen-bond acceptors (Lipinski definition) is 1. The summed E-state index contributed by atoms with van der Waals surface area (Å²) < 4.78 is 0. The largest absolute Gasteiger partial charge is 0.334 e. The molecule has 0 saturated carbocycles. The normalized spacial score (nSPS) is 10.6. The van der Waals surface area contributed by atoms with E-state index in [0.717, 1.165) is 5.69 Å². The van der Waals surface area contributed by atoms with Gasteiger partial charge in [0.15, 0.2) is 0 Å². The van der Waals surface area contributed by atoms with Crippen LogP contribution in [-0.2, 0) is 6.54 Å². The average molecular weight is 337 g/mol. The van der Waals surface area contributed by atoms with Crippen molar-refractivity contribution in [3.63, 3.8) is 0 Å². The highest BCUT2D eigenvalue weighted by Crippen LogP contribution is 2.24. The molecule has 116 valence electrons. The molecule has 2 rings (SSSR count). The van der Waals surface area contributed by atoms with E-state index in [1.54, 1.807) is 18.2 Å². The van der Waals surface area contributed by atoms with Crippen LogP contribution >= 0.6 is 23.2 Å². The van der Waals surface area contributed by atoms with Crippen molar-refractivity contribution in [2.75, 3.05) is 5.32 Å². The van der Waals surface area contributed by atoms with Gasteiger partial charge in [-0.05, 0) is 35.7 Å². The van der Waals surface area contributed by atoms with Crippen LogP contribution in [0.25, 0.3) is 0 Å². The summed E-state index contributed by atoms with van der Waals surface area (Å²) in [7, 11) is 0. The van der Waals surface area contributed by atoms with Gasteiger partial charge in [-0.3, -0.25) is 0 Å². The quantitative estimate of drug-likeness (QED) is 0.766. The minimum atomic E-state index is -0.298. The molecule has 0 radical (unpaired) electrons. The fraction of sp³-hybridized carbons (Fsp3) is 0.235. The van der Waals surface area contributed by atoms with Crippen LogP contribution in [0.2, 0.25) is 10.0 Å². The number of nitrogens with one attached hydrogen (secondary N) is 2. The molecular weight excluding hydrogens is 319 g/mol. The Morgan fingerprint density at radius 3 is 2.18 bits per heavy atom. The highest BCUT2D eigenvalue weighted by molar-refractivity contribution is 6.36. The maximum atomic E-state index is 11.9. The molecule has 3 nitrogen and oxygen atoms in total. The zero-order chi connectivity index (χ0) is 16.1. The van der Waals surface area contributed by atoms with Crippen molar-refractivity contribution in [2.45, 2.75) is 26.3 Å². The molecule has 0 spiro atoms. The van der Waals surface area contributed by atoms with Crippen LogP contribution in [0.15, 0.2) is 42.5 Å². The van der Waals surface area contributed by atoms with Crippen molar-refractivity contribution in [3.8, 4) is 0 Å². The summed E-state index contributed by atoms with van der Waals surface area (Å²) in [5.41, 5.74) is 2.68. The number of carbonyl (C=O) groups excluding carboxylic acids is 1. The Morgan fingerprint density at radius 1 is 1.05 bits per heavy atom. The fourth-order valence-electron chi connectivity index (χ4n) is 2.00. The van der Waals surface area contributed by atoms with E-state index in [-0.39, 0.29) is 12.6 Å². The summed E-state index contributed by atoms with van der Waals surface area (Å²) in [6, 6.07) is 12.7.